The van der Waals surface area contributed by atoms with Crippen LogP contribution in [0.1, 0.15) is 24.0 Å². The molecule has 0 spiro atoms. The van der Waals surface area contributed by atoms with Gasteiger partial charge in [0.1, 0.15) is 0 Å². The minimum absolute atomic E-state index is 0.236. The topological polar surface area (TPSA) is 45.1 Å². The van der Waals surface area contributed by atoms with Gasteiger partial charge in [0, 0.05) is 18.5 Å². The van der Waals surface area contributed by atoms with Crippen molar-refractivity contribution in [1.29, 1.82) is 0 Å². The van der Waals surface area contributed by atoms with Crippen molar-refractivity contribution in [2.75, 3.05) is 6.54 Å². The average molecular weight is 200 g/mol. The maximum atomic E-state index is 9.26. The van der Waals surface area contributed by atoms with Crippen LogP contribution < -0.4 is 5.32 Å². The second-order valence-electron chi connectivity index (χ2n) is 3.05. The zero-order chi connectivity index (χ0) is 9.68. The molecule has 1 aromatic heterocycles. The number of rotatable bonds is 5. The molecule has 0 amide bonds. The Kier molecular flexibility index (Phi) is 4.35. The molecule has 1 rings (SSSR count). The normalized spacial score (nSPS) is 13.2. The van der Waals surface area contributed by atoms with Gasteiger partial charge >= 0.3 is 0 Å². The van der Waals surface area contributed by atoms with Crippen molar-refractivity contribution in [3.63, 3.8) is 0 Å². The molecule has 0 bridgehead atoms. The maximum absolute atomic E-state index is 9.26. The Morgan fingerprint density at radius 1 is 1.69 bits per heavy atom. The fourth-order valence-electron chi connectivity index (χ4n) is 1.00. The Morgan fingerprint density at radius 3 is 3.00 bits per heavy atom. The van der Waals surface area contributed by atoms with Crippen LogP contribution in [0.4, 0.5) is 0 Å². The van der Waals surface area contributed by atoms with Crippen molar-refractivity contribution in [3.05, 3.63) is 16.1 Å². The molecule has 1 aromatic rings. The van der Waals surface area contributed by atoms with Gasteiger partial charge in [0.05, 0.1) is 16.8 Å². The number of nitrogens with one attached hydrogen (secondary N) is 1. The molecule has 0 saturated heterocycles. The number of nitrogens with zero attached hydrogens (tertiary/aromatic N) is 1. The number of hydrogen-bond donors (Lipinski definition) is 2. The lowest BCUT2D eigenvalue weighted by Crippen LogP contribution is -2.25. The van der Waals surface area contributed by atoms with Crippen molar-refractivity contribution >= 4 is 11.3 Å². The largest absolute Gasteiger partial charge is 0.392 e. The highest BCUT2D eigenvalue weighted by Gasteiger charge is 2.01. The number of aryl methyl sites for hydroxylation is 1. The van der Waals surface area contributed by atoms with E-state index in [2.05, 4.69) is 10.3 Å². The van der Waals surface area contributed by atoms with E-state index in [0.29, 0.717) is 6.54 Å². The lowest BCUT2D eigenvalue weighted by Gasteiger charge is -2.07. The van der Waals surface area contributed by atoms with E-state index in [9.17, 15) is 5.11 Å². The van der Waals surface area contributed by atoms with Gasteiger partial charge < -0.3 is 10.4 Å². The quantitative estimate of drug-likeness (QED) is 0.753. The Balaban J connectivity index is 2.20. The van der Waals surface area contributed by atoms with Gasteiger partial charge in [-0.05, 0) is 13.3 Å². The standard InChI is InChI=1S/C9H16N2OS/c1-3-9(12)5-10-4-8-6-13-7(2)11-8/h6,9-10,12H,3-5H2,1-2H3. The Hall–Kier alpha value is -0.450. The van der Waals surface area contributed by atoms with Crippen molar-refractivity contribution in [1.82, 2.24) is 10.3 Å². The van der Waals surface area contributed by atoms with Crippen molar-refractivity contribution in [2.24, 2.45) is 0 Å². The summed E-state index contributed by atoms with van der Waals surface area (Å²) in [5, 5.41) is 15.6. The first-order chi connectivity index (χ1) is 6.22. The zero-order valence-corrected chi connectivity index (χ0v) is 8.90. The first kappa shape index (κ1) is 10.6. The Labute approximate surface area is 82.8 Å². The van der Waals surface area contributed by atoms with Gasteiger partial charge in [0.25, 0.3) is 0 Å². The summed E-state index contributed by atoms with van der Waals surface area (Å²) in [6.07, 6.45) is 0.558. The van der Waals surface area contributed by atoms with Crippen molar-refractivity contribution < 1.29 is 5.11 Å². The molecule has 13 heavy (non-hydrogen) atoms. The molecule has 3 nitrogen and oxygen atoms in total. The van der Waals surface area contributed by atoms with E-state index in [1.807, 2.05) is 19.2 Å². The lowest BCUT2D eigenvalue weighted by molar-refractivity contribution is 0.167. The molecule has 1 unspecified atom stereocenters. The van der Waals surface area contributed by atoms with Crippen LogP contribution in [0.25, 0.3) is 0 Å². The summed E-state index contributed by atoms with van der Waals surface area (Å²) in [7, 11) is 0. The predicted octanol–water partition coefficient (Wildman–Crippen LogP) is 1.31. The lowest BCUT2D eigenvalue weighted by atomic mass is 10.3. The molecule has 0 aromatic carbocycles. The third kappa shape index (κ3) is 3.85. The molecule has 0 aliphatic carbocycles. The van der Waals surface area contributed by atoms with E-state index in [1.54, 1.807) is 11.3 Å². The number of aliphatic hydroxyl groups is 1. The van der Waals surface area contributed by atoms with Crippen LogP contribution in [-0.4, -0.2) is 22.7 Å². The molecule has 74 valence electrons. The molecular formula is C9H16N2OS. The van der Waals surface area contributed by atoms with Gasteiger partial charge in [0.15, 0.2) is 0 Å². The third-order valence-corrected chi connectivity index (χ3v) is 2.65. The van der Waals surface area contributed by atoms with Crippen LogP contribution in [0.15, 0.2) is 5.38 Å². The SMILES string of the molecule is CCC(O)CNCc1csc(C)n1. The fraction of sp³-hybridized carbons (Fsp3) is 0.667. The smallest absolute Gasteiger partial charge is 0.0897 e. The van der Waals surface area contributed by atoms with E-state index >= 15 is 0 Å². The number of thiazole rings is 1. The van der Waals surface area contributed by atoms with Crippen LogP contribution in [-0.2, 0) is 6.54 Å². The summed E-state index contributed by atoms with van der Waals surface area (Å²) in [6.45, 7) is 5.36. The van der Waals surface area contributed by atoms with Crippen LogP contribution in [0, 0.1) is 6.92 Å². The highest BCUT2D eigenvalue weighted by Crippen LogP contribution is 2.07. The van der Waals surface area contributed by atoms with Crippen LogP contribution in [0.2, 0.25) is 0 Å². The molecule has 0 saturated carbocycles. The molecule has 0 aliphatic heterocycles. The van der Waals surface area contributed by atoms with Crippen LogP contribution in [0.3, 0.4) is 0 Å². The third-order valence-electron chi connectivity index (χ3n) is 1.82. The molecule has 4 heteroatoms. The molecule has 1 heterocycles. The van der Waals surface area contributed by atoms with Gasteiger partial charge in [0.2, 0.25) is 0 Å². The van der Waals surface area contributed by atoms with Gasteiger partial charge in [-0.3, -0.25) is 0 Å². The fourth-order valence-corrected chi connectivity index (χ4v) is 1.61. The van der Waals surface area contributed by atoms with E-state index in [1.165, 1.54) is 0 Å². The van der Waals surface area contributed by atoms with E-state index in [0.717, 1.165) is 23.7 Å². The van der Waals surface area contributed by atoms with Gasteiger partial charge in [-0.15, -0.1) is 11.3 Å². The molecule has 0 radical (unpaired) electrons. The van der Waals surface area contributed by atoms with Crippen molar-refractivity contribution in [2.45, 2.75) is 32.9 Å². The van der Waals surface area contributed by atoms with Crippen LogP contribution in [0.5, 0.6) is 0 Å². The highest BCUT2D eigenvalue weighted by atomic mass is 32.1. The first-order valence-electron chi connectivity index (χ1n) is 4.52. The summed E-state index contributed by atoms with van der Waals surface area (Å²) >= 11 is 1.66. The van der Waals surface area contributed by atoms with Crippen LogP contribution >= 0.6 is 11.3 Å². The average Bonchev–Trinajstić information content (AvgIpc) is 2.51. The summed E-state index contributed by atoms with van der Waals surface area (Å²) in [4.78, 5) is 4.31. The van der Waals surface area contributed by atoms with E-state index in [4.69, 9.17) is 0 Å². The predicted molar refractivity (Wildman–Crippen MR) is 54.9 cm³/mol. The van der Waals surface area contributed by atoms with Gasteiger partial charge in [-0.2, -0.15) is 0 Å². The molecule has 2 N–H and O–H groups in total. The minimum atomic E-state index is -0.236. The molecule has 0 aliphatic rings. The Morgan fingerprint density at radius 2 is 2.46 bits per heavy atom. The van der Waals surface area contributed by atoms with Gasteiger partial charge in [-0.1, -0.05) is 6.92 Å². The number of aromatic nitrogens is 1. The maximum Gasteiger partial charge on any atom is 0.0897 e. The second kappa shape index (κ2) is 5.32. The summed E-state index contributed by atoms with van der Waals surface area (Å²) < 4.78 is 0. The highest BCUT2D eigenvalue weighted by molar-refractivity contribution is 7.09. The second-order valence-corrected chi connectivity index (χ2v) is 4.11. The number of aliphatic hydroxyl groups excluding tert-OH is 1. The zero-order valence-electron chi connectivity index (χ0n) is 8.08. The molecular weight excluding hydrogens is 184 g/mol. The van der Waals surface area contributed by atoms with E-state index < -0.39 is 0 Å². The minimum Gasteiger partial charge on any atom is -0.392 e. The molecule has 0 fully saturated rings. The van der Waals surface area contributed by atoms with E-state index in [-0.39, 0.29) is 6.10 Å². The van der Waals surface area contributed by atoms with Crippen molar-refractivity contribution in [3.8, 4) is 0 Å². The summed E-state index contributed by atoms with van der Waals surface area (Å²) in [5.74, 6) is 0. The first-order valence-corrected chi connectivity index (χ1v) is 5.40. The summed E-state index contributed by atoms with van der Waals surface area (Å²) in [5.41, 5.74) is 1.06. The monoisotopic (exact) mass is 200 g/mol. The summed E-state index contributed by atoms with van der Waals surface area (Å²) in [6, 6.07) is 0. The van der Waals surface area contributed by atoms with Gasteiger partial charge in [-0.25, -0.2) is 4.98 Å². The Bertz CT molecular complexity index is 250. The molecule has 1 atom stereocenters. The number of hydrogen-bond acceptors (Lipinski definition) is 4.